The van der Waals surface area contributed by atoms with E-state index in [1.807, 2.05) is 0 Å². The van der Waals surface area contributed by atoms with Crippen molar-refractivity contribution >= 4 is 17.5 Å². The second kappa shape index (κ2) is 3.82. The zero-order valence-electron chi connectivity index (χ0n) is 7.81. The number of halogens is 1. The van der Waals surface area contributed by atoms with Gasteiger partial charge in [-0.3, -0.25) is 4.79 Å². The largest absolute Gasteiger partial charge is 0.461 e. The first kappa shape index (κ1) is 9.86. The Bertz CT molecular complexity index is 421. The smallest absolute Gasteiger partial charge is 0.237 e. The molecule has 2 aliphatic rings. The van der Waals surface area contributed by atoms with Crippen LogP contribution < -0.4 is 5.73 Å². The van der Waals surface area contributed by atoms with Gasteiger partial charge in [0.05, 0.1) is 10.7 Å². The third-order valence-corrected chi connectivity index (χ3v) is 2.17. The SMILES string of the molecule is NC(=O)CN1C=CC=C2OC=C(Cl)C=C21. The van der Waals surface area contributed by atoms with Gasteiger partial charge in [-0.1, -0.05) is 11.6 Å². The van der Waals surface area contributed by atoms with Gasteiger partial charge >= 0.3 is 0 Å². The van der Waals surface area contributed by atoms with Crippen molar-refractivity contribution in [2.75, 3.05) is 6.54 Å². The maximum absolute atomic E-state index is 10.8. The Balaban J connectivity index is 2.28. The van der Waals surface area contributed by atoms with Crippen molar-refractivity contribution in [2.24, 2.45) is 5.73 Å². The summed E-state index contributed by atoms with van der Waals surface area (Å²) >= 11 is 5.80. The minimum absolute atomic E-state index is 0.104. The topological polar surface area (TPSA) is 55.6 Å². The molecule has 0 atom stereocenters. The molecule has 0 saturated carbocycles. The molecule has 0 spiro atoms. The van der Waals surface area contributed by atoms with Crippen molar-refractivity contribution in [1.82, 2.24) is 4.90 Å². The van der Waals surface area contributed by atoms with Crippen molar-refractivity contribution in [1.29, 1.82) is 0 Å². The lowest BCUT2D eigenvalue weighted by molar-refractivity contribution is -0.118. The van der Waals surface area contributed by atoms with Crippen LogP contribution >= 0.6 is 11.6 Å². The lowest BCUT2D eigenvalue weighted by atomic mass is 10.2. The summed E-state index contributed by atoms with van der Waals surface area (Å²) in [5.41, 5.74) is 5.87. The van der Waals surface area contributed by atoms with Gasteiger partial charge in [0.1, 0.15) is 18.6 Å². The molecule has 0 unspecified atom stereocenters. The predicted molar refractivity (Wildman–Crippen MR) is 56.2 cm³/mol. The molecule has 0 aromatic rings. The highest BCUT2D eigenvalue weighted by atomic mass is 35.5. The number of primary amides is 1. The number of ether oxygens (including phenoxy) is 1. The maximum Gasteiger partial charge on any atom is 0.237 e. The average molecular weight is 225 g/mol. The second-order valence-electron chi connectivity index (χ2n) is 3.12. The van der Waals surface area contributed by atoms with Crippen LogP contribution in [0.15, 0.2) is 47.2 Å². The molecule has 15 heavy (non-hydrogen) atoms. The van der Waals surface area contributed by atoms with Crippen LogP contribution in [0, 0.1) is 0 Å². The minimum Gasteiger partial charge on any atom is -0.461 e. The Morgan fingerprint density at radius 1 is 1.60 bits per heavy atom. The van der Waals surface area contributed by atoms with Crippen LogP contribution in [-0.2, 0) is 9.53 Å². The van der Waals surface area contributed by atoms with Gasteiger partial charge < -0.3 is 15.4 Å². The molecule has 5 heteroatoms. The Kier molecular flexibility index (Phi) is 2.51. The molecule has 0 fully saturated rings. The number of carbonyl (C=O) groups is 1. The van der Waals surface area contributed by atoms with Gasteiger partial charge in [-0.15, -0.1) is 0 Å². The zero-order valence-corrected chi connectivity index (χ0v) is 8.57. The molecular weight excluding hydrogens is 216 g/mol. The van der Waals surface area contributed by atoms with Crippen LogP contribution in [0.1, 0.15) is 0 Å². The third-order valence-electron chi connectivity index (χ3n) is 1.97. The summed E-state index contributed by atoms with van der Waals surface area (Å²) in [5.74, 6) is 0.246. The van der Waals surface area contributed by atoms with Crippen molar-refractivity contribution in [3.63, 3.8) is 0 Å². The molecule has 0 aromatic heterocycles. The van der Waals surface area contributed by atoms with E-state index in [4.69, 9.17) is 22.1 Å². The van der Waals surface area contributed by atoms with Gasteiger partial charge in [0.2, 0.25) is 5.91 Å². The predicted octanol–water partition coefficient (Wildman–Crippen LogP) is 1.18. The quantitative estimate of drug-likeness (QED) is 0.766. The van der Waals surface area contributed by atoms with E-state index in [0.29, 0.717) is 10.8 Å². The van der Waals surface area contributed by atoms with E-state index in [-0.39, 0.29) is 6.54 Å². The highest BCUT2D eigenvalue weighted by molar-refractivity contribution is 6.31. The molecule has 4 nitrogen and oxygen atoms in total. The van der Waals surface area contributed by atoms with E-state index in [0.717, 1.165) is 5.70 Å². The average Bonchev–Trinajstić information content (AvgIpc) is 2.18. The van der Waals surface area contributed by atoms with Crippen LogP contribution in [0.5, 0.6) is 0 Å². The zero-order chi connectivity index (χ0) is 10.8. The van der Waals surface area contributed by atoms with E-state index in [1.54, 1.807) is 29.3 Å². The molecule has 0 saturated heterocycles. The first-order valence-electron chi connectivity index (χ1n) is 4.34. The van der Waals surface area contributed by atoms with Crippen molar-refractivity contribution in [3.8, 4) is 0 Å². The van der Waals surface area contributed by atoms with Crippen LogP contribution in [0.25, 0.3) is 0 Å². The molecule has 2 rings (SSSR count). The molecule has 0 radical (unpaired) electrons. The molecule has 78 valence electrons. The fourth-order valence-corrected chi connectivity index (χ4v) is 1.53. The Labute approximate surface area is 91.9 Å². The summed E-state index contributed by atoms with van der Waals surface area (Å²) in [6.45, 7) is 0.104. The minimum atomic E-state index is -0.410. The van der Waals surface area contributed by atoms with Crippen molar-refractivity contribution in [3.05, 3.63) is 47.2 Å². The van der Waals surface area contributed by atoms with E-state index < -0.39 is 5.91 Å². The lowest BCUT2D eigenvalue weighted by Gasteiger charge is -2.27. The lowest BCUT2D eigenvalue weighted by Crippen LogP contribution is -2.31. The number of hydrogen-bond donors (Lipinski definition) is 1. The molecule has 0 aliphatic carbocycles. The molecule has 0 bridgehead atoms. The first-order chi connectivity index (χ1) is 7.16. The maximum atomic E-state index is 10.8. The van der Waals surface area contributed by atoms with Gasteiger partial charge in [0, 0.05) is 6.20 Å². The number of rotatable bonds is 2. The van der Waals surface area contributed by atoms with Gasteiger partial charge in [0.15, 0.2) is 0 Å². The summed E-state index contributed by atoms with van der Waals surface area (Å²) < 4.78 is 5.26. The van der Waals surface area contributed by atoms with Crippen molar-refractivity contribution in [2.45, 2.75) is 0 Å². The summed E-state index contributed by atoms with van der Waals surface area (Å²) in [6, 6.07) is 0. The van der Waals surface area contributed by atoms with Crippen LogP contribution in [0.3, 0.4) is 0 Å². The second-order valence-corrected chi connectivity index (χ2v) is 3.55. The summed E-state index contributed by atoms with van der Waals surface area (Å²) in [6.07, 6.45) is 8.49. The summed E-state index contributed by atoms with van der Waals surface area (Å²) in [4.78, 5) is 12.5. The van der Waals surface area contributed by atoms with E-state index in [2.05, 4.69) is 0 Å². The van der Waals surface area contributed by atoms with Gasteiger partial charge in [0.25, 0.3) is 0 Å². The van der Waals surface area contributed by atoms with Crippen LogP contribution in [0.4, 0.5) is 0 Å². The number of nitrogens with zero attached hydrogens (tertiary/aromatic N) is 1. The molecule has 2 heterocycles. The number of hydrogen-bond acceptors (Lipinski definition) is 3. The number of fused-ring (bicyclic) bond motifs is 1. The Morgan fingerprint density at radius 3 is 3.13 bits per heavy atom. The number of carbonyl (C=O) groups excluding carboxylic acids is 1. The Hall–Kier alpha value is -1.68. The van der Waals surface area contributed by atoms with E-state index in [1.165, 1.54) is 6.26 Å². The molecule has 0 aromatic carbocycles. The Morgan fingerprint density at radius 2 is 2.40 bits per heavy atom. The van der Waals surface area contributed by atoms with Gasteiger partial charge in [-0.25, -0.2) is 0 Å². The van der Waals surface area contributed by atoms with Crippen LogP contribution in [-0.4, -0.2) is 17.4 Å². The molecule has 1 amide bonds. The van der Waals surface area contributed by atoms with E-state index in [9.17, 15) is 4.79 Å². The number of amides is 1. The molecular formula is C10H9ClN2O2. The number of nitrogens with two attached hydrogens (primary N) is 1. The highest BCUT2D eigenvalue weighted by Crippen LogP contribution is 2.28. The van der Waals surface area contributed by atoms with Gasteiger partial charge in [-0.2, -0.15) is 0 Å². The van der Waals surface area contributed by atoms with Gasteiger partial charge in [-0.05, 0) is 18.2 Å². The molecule has 2 N–H and O–H groups in total. The fraction of sp³-hybridized carbons (Fsp3) is 0.100. The summed E-state index contributed by atoms with van der Waals surface area (Å²) in [5, 5.41) is 0.479. The normalized spacial score (nSPS) is 18.5. The van der Waals surface area contributed by atoms with Crippen LogP contribution in [0.2, 0.25) is 0 Å². The third kappa shape index (κ3) is 2.05. The van der Waals surface area contributed by atoms with E-state index >= 15 is 0 Å². The number of allylic oxidation sites excluding steroid dienone is 4. The van der Waals surface area contributed by atoms with Crippen molar-refractivity contribution < 1.29 is 9.53 Å². The fourth-order valence-electron chi connectivity index (χ4n) is 1.39. The standard InChI is InChI=1S/C10H9ClN2O2/c11-7-4-8-9(15-6-7)2-1-3-13(8)5-10(12)14/h1-4,6H,5H2,(H2,12,14). The summed E-state index contributed by atoms with van der Waals surface area (Å²) in [7, 11) is 0. The highest BCUT2D eigenvalue weighted by Gasteiger charge is 2.20. The first-order valence-corrected chi connectivity index (χ1v) is 4.72. The molecule has 2 aliphatic heterocycles. The monoisotopic (exact) mass is 224 g/mol.